The van der Waals surface area contributed by atoms with Crippen LogP contribution in [-0.2, 0) is 10.1 Å². The van der Waals surface area contributed by atoms with Crippen LogP contribution >= 0.6 is 0 Å². The van der Waals surface area contributed by atoms with Crippen molar-refractivity contribution >= 4 is 10.1 Å². The Kier molecular flexibility index (Phi) is 2.88. The molecule has 2 atom stereocenters. The van der Waals surface area contributed by atoms with Gasteiger partial charge in [0.1, 0.15) is 0 Å². The highest BCUT2D eigenvalue weighted by atomic mass is 32.2. The van der Waals surface area contributed by atoms with E-state index >= 15 is 0 Å². The summed E-state index contributed by atoms with van der Waals surface area (Å²) in [6.07, 6.45) is -3.34. The Balaban J connectivity index is 3.65. The Morgan fingerprint density at radius 3 is 2.06 bits per heavy atom. The van der Waals surface area contributed by atoms with Gasteiger partial charge < -0.3 is 0 Å². The Hall–Kier alpha value is -0.960. The second-order valence-corrected chi connectivity index (χ2v) is 4.58. The van der Waals surface area contributed by atoms with E-state index in [9.17, 15) is 30.4 Å². The molecule has 0 aliphatic heterocycles. The number of rotatable bonds is 1. The van der Waals surface area contributed by atoms with Crippen LogP contribution in [-0.4, -0.2) is 24.8 Å². The molecule has 0 saturated carbocycles. The highest BCUT2D eigenvalue weighted by molar-refractivity contribution is 7.90. The van der Waals surface area contributed by atoms with Crippen molar-refractivity contribution in [2.75, 3.05) is 0 Å². The predicted molar refractivity (Wildman–Crippen MR) is 43.3 cm³/mol. The van der Waals surface area contributed by atoms with Gasteiger partial charge in [0.15, 0.2) is 34.2 Å². The Bertz CT molecular complexity index is 490. The maximum atomic E-state index is 13.4. The van der Waals surface area contributed by atoms with Crippen LogP contribution < -0.4 is 0 Å². The maximum Gasteiger partial charge on any atom is 0.297 e. The third-order valence-electron chi connectivity index (χ3n) is 2.00. The molecular weight excluding hydrogens is 259 g/mol. The first-order chi connectivity index (χ1) is 7.01. The van der Waals surface area contributed by atoms with E-state index in [-0.39, 0.29) is 6.92 Å². The number of alkyl halides is 2. The van der Waals surface area contributed by atoms with Crippen molar-refractivity contribution in [3.05, 3.63) is 22.4 Å². The summed E-state index contributed by atoms with van der Waals surface area (Å²) >= 11 is 0. The second-order valence-electron chi connectivity index (χ2n) is 3.22. The predicted octanol–water partition coefficient (Wildman–Crippen LogP) is 2.29. The van der Waals surface area contributed by atoms with Gasteiger partial charge in [0, 0.05) is 0 Å². The van der Waals surface area contributed by atoms with Gasteiger partial charge in [-0.25, -0.2) is 22.0 Å². The van der Waals surface area contributed by atoms with E-state index in [4.69, 9.17) is 4.55 Å². The standard InChI is InChI=1S/C7H5F5O3S/c1-7(12)5(11)3(9)2(8)4(10)6(7)16(13,14)15/h5H,1H3,(H,13,14,15). The summed E-state index contributed by atoms with van der Waals surface area (Å²) in [5, 5.41) is 0. The molecule has 0 fully saturated rings. The van der Waals surface area contributed by atoms with Crippen LogP contribution in [0.5, 0.6) is 0 Å². The van der Waals surface area contributed by atoms with E-state index in [1.54, 1.807) is 0 Å². The van der Waals surface area contributed by atoms with E-state index in [0.29, 0.717) is 0 Å². The molecule has 0 aromatic rings. The lowest BCUT2D eigenvalue weighted by atomic mass is 9.95. The van der Waals surface area contributed by atoms with Gasteiger partial charge in [0.2, 0.25) is 0 Å². The molecule has 0 spiro atoms. The molecular formula is C7H5F5O3S. The van der Waals surface area contributed by atoms with Crippen molar-refractivity contribution in [1.29, 1.82) is 0 Å². The number of allylic oxidation sites excluding steroid dienone is 4. The monoisotopic (exact) mass is 264 g/mol. The zero-order valence-corrected chi connectivity index (χ0v) is 8.46. The SMILES string of the molecule is CC1(F)C(S(=O)(=O)O)=C(F)C(F)=C(F)C1F. The fraction of sp³-hybridized carbons (Fsp3) is 0.429. The average molecular weight is 264 g/mol. The number of hydrogen-bond acceptors (Lipinski definition) is 2. The first kappa shape index (κ1) is 13.1. The fourth-order valence-corrected chi connectivity index (χ4v) is 2.17. The average Bonchev–Trinajstić information content (AvgIpc) is 2.09. The van der Waals surface area contributed by atoms with Crippen molar-refractivity contribution in [1.82, 2.24) is 0 Å². The van der Waals surface area contributed by atoms with E-state index in [1.165, 1.54) is 0 Å². The number of hydrogen-bond donors (Lipinski definition) is 1. The van der Waals surface area contributed by atoms with Gasteiger partial charge in [-0.3, -0.25) is 4.55 Å². The number of halogens is 5. The zero-order chi connectivity index (χ0) is 12.9. The zero-order valence-electron chi connectivity index (χ0n) is 7.64. The molecule has 0 radical (unpaired) electrons. The minimum atomic E-state index is -5.52. The Labute approximate surface area is 87.0 Å². The molecule has 0 amide bonds. The van der Waals surface area contributed by atoms with E-state index < -0.39 is 44.3 Å². The Morgan fingerprint density at radius 2 is 1.69 bits per heavy atom. The maximum absolute atomic E-state index is 13.4. The molecule has 1 aliphatic rings. The topological polar surface area (TPSA) is 54.4 Å². The molecule has 0 aromatic heterocycles. The van der Waals surface area contributed by atoms with Gasteiger partial charge in [0.05, 0.1) is 0 Å². The lowest BCUT2D eigenvalue weighted by molar-refractivity contribution is 0.102. The van der Waals surface area contributed by atoms with Crippen LogP contribution in [0.3, 0.4) is 0 Å². The highest BCUT2D eigenvalue weighted by Crippen LogP contribution is 2.45. The van der Waals surface area contributed by atoms with Crippen molar-refractivity contribution in [2.24, 2.45) is 0 Å². The third-order valence-corrected chi connectivity index (χ3v) is 3.10. The Morgan fingerprint density at radius 1 is 1.25 bits per heavy atom. The lowest BCUT2D eigenvalue weighted by Gasteiger charge is -2.28. The first-order valence-electron chi connectivity index (χ1n) is 3.77. The third kappa shape index (κ3) is 1.73. The van der Waals surface area contributed by atoms with Crippen LogP contribution in [0.15, 0.2) is 22.4 Å². The lowest BCUT2D eigenvalue weighted by Crippen LogP contribution is -2.40. The molecule has 16 heavy (non-hydrogen) atoms. The summed E-state index contributed by atoms with van der Waals surface area (Å²) in [6.45, 7) is 0.173. The summed E-state index contributed by atoms with van der Waals surface area (Å²) in [4.78, 5) is -2.16. The summed E-state index contributed by atoms with van der Waals surface area (Å²) in [5.41, 5.74) is -3.71. The van der Waals surface area contributed by atoms with Crippen LogP contribution in [0.1, 0.15) is 6.92 Å². The van der Waals surface area contributed by atoms with Crippen molar-refractivity contribution in [2.45, 2.75) is 18.8 Å². The molecule has 9 heteroatoms. The van der Waals surface area contributed by atoms with E-state index in [0.717, 1.165) is 0 Å². The van der Waals surface area contributed by atoms with Crippen LogP contribution in [0.4, 0.5) is 22.0 Å². The summed E-state index contributed by atoms with van der Waals surface area (Å²) in [5.74, 6) is -7.34. The van der Waals surface area contributed by atoms with Gasteiger partial charge >= 0.3 is 0 Å². The van der Waals surface area contributed by atoms with Crippen molar-refractivity contribution < 1.29 is 34.9 Å². The molecule has 1 N–H and O–H groups in total. The molecule has 92 valence electrons. The van der Waals surface area contributed by atoms with E-state index in [2.05, 4.69) is 0 Å². The summed E-state index contributed by atoms with van der Waals surface area (Å²) in [6, 6.07) is 0. The van der Waals surface area contributed by atoms with Crippen LogP contribution in [0.25, 0.3) is 0 Å². The summed E-state index contributed by atoms with van der Waals surface area (Å²) in [7, 11) is -5.52. The molecule has 1 rings (SSSR count). The minimum Gasteiger partial charge on any atom is -0.282 e. The molecule has 0 heterocycles. The van der Waals surface area contributed by atoms with Crippen molar-refractivity contribution in [3.63, 3.8) is 0 Å². The molecule has 1 aliphatic carbocycles. The van der Waals surface area contributed by atoms with Gasteiger partial charge in [-0.1, -0.05) is 0 Å². The quantitative estimate of drug-likeness (QED) is 0.584. The van der Waals surface area contributed by atoms with Crippen molar-refractivity contribution in [3.8, 4) is 0 Å². The second kappa shape index (κ2) is 3.52. The normalized spacial score (nSPS) is 32.3. The molecule has 2 unspecified atom stereocenters. The van der Waals surface area contributed by atoms with Gasteiger partial charge in [-0.2, -0.15) is 8.42 Å². The van der Waals surface area contributed by atoms with Crippen LogP contribution in [0, 0.1) is 0 Å². The van der Waals surface area contributed by atoms with Gasteiger partial charge in [-0.15, -0.1) is 0 Å². The van der Waals surface area contributed by atoms with Gasteiger partial charge in [-0.05, 0) is 6.92 Å². The molecule has 0 bridgehead atoms. The van der Waals surface area contributed by atoms with Crippen LogP contribution in [0.2, 0.25) is 0 Å². The summed E-state index contributed by atoms with van der Waals surface area (Å²) < 4.78 is 94.1. The largest absolute Gasteiger partial charge is 0.297 e. The molecule has 0 aromatic carbocycles. The van der Waals surface area contributed by atoms with Gasteiger partial charge in [0.25, 0.3) is 10.1 Å². The fourth-order valence-electron chi connectivity index (χ4n) is 1.25. The molecule has 0 saturated heterocycles. The first-order valence-corrected chi connectivity index (χ1v) is 5.21. The highest BCUT2D eigenvalue weighted by Gasteiger charge is 2.54. The molecule has 3 nitrogen and oxygen atoms in total. The minimum absolute atomic E-state index is 0.173. The smallest absolute Gasteiger partial charge is 0.282 e. The van der Waals surface area contributed by atoms with E-state index in [1.807, 2.05) is 0 Å².